The second kappa shape index (κ2) is 7.19. The highest BCUT2D eigenvalue weighted by molar-refractivity contribution is 6.53. The van der Waals surface area contributed by atoms with E-state index in [4.69, 9.17) is 109 Å². The Balaban J connectivity index is 2.71. The van der Waals surface area contributed by atoms with E-state index in [2.05, 4.69) is 0 Å². The topological polar surface area (TPSA) is 61.3 Å². The van der Waals surface area contributed by atoms with Crippen LogP contribution in [0.25, 0.3) is 0 Å². The second-order valence-electron chi connectivity index (χ2n) is 4.10. The summed E-state index contributed by atoms with van der Waals surface area (Å²) in [6, 6.07) is 0. The van der Waals surface area contributed by atoms with Crippen LogP contribution in [-0.2, 0) is 0 Å². The van der Waals surface area contributed by atoms with Gasteiger partial charge in [-0.05, 0) is 0 Å². The van der Waals surface area contributed by atoms with Gasteiger partial charge in [0.2, 0.25) is 0 Å². The molecule has 11 heteroatoms. The molecule has 2 aromatic rings. The lowest BCUT2D eigenvalue weighted by molar-refractivity contribution is 0.484. The normalized spacial score (nSPS) is 11.0. The Labute approximate surface area is 171 Å². The molecule has 23 heavy (non-hydrogen) atoms. The summed E-state index contributed by atoms with van der Waals surface area (Å²) in [6.07, 6.45) is 0. The van der Waals surface area contributed by atoms with Crippen molar-refractivity contribution < 1.29 is 4.74 Å². The first kappa shape index (κ1) is 19.5. The van der Waals surface area contributed by atoms with E-state index < -0.39 is 0 Å². The van der Waals surface area contributed by atoms with Crippen LogP contribution in [0.3, 0.4) is 0 Å². The van der Waals surface area contributed by atoms with E-state index in [0.29, 0.717) is 0 Å². The zero-order valence-electron chi connectivity index (χ0n) is 10.6. The fraction of sp³-hybridized carbons (Fsp3) is 0. The van der Waals surface area contributed by atoms with Crippen LogP contribution in [0.15, 0.2) is 0 Å². The van der Waals surface area contributed by atoms with Crippen LogP contribution in [0.5, 0.6) is 11.5 Å². The van der Waals surface area contributed by atoms with Crippen LogP contribution in [0.1, 0.15) is 0 Å². The van der Waals surface area contributed by atoms with E-state index >= 15 is 0 Å². The summed E-state index contributed by atoms with van der Waals surface area (Å²) in [5.41, 5.74) is 11.4. The summed E-state index contributed by atoms with van der Waals surface area (Å²) in [6.45, 7) is 0. The molecule has 0 heterocycles. The number of hydrogen-bond acceptors (Lipinski definition) is 3. The van der Waals surface area contributed by atoms with Crippen molar-refractivity contribution in [1.82, 2.24) is 0 Å². The fourth-order valence-corrected chi connectivity index (χ4v) is 3.49. The first-order chi connectivity index (χ1) is 10.6. The Morgan fingerprint density at radius 3 is 1.04 bits per heavy atom. The zero-order chi connectivity index (χ0) is 17.6. The third kappa shape index (κ3) is 3.31. The minimum atomic E-state index is -0.109. The molecular weight excluding hydrogens is 472 g/mol. The number of nitrogen functional groups attached to an aromatic ring is 2. The average molecular weight is 476 g/mol. The summed E-state index contributed by atoms with van der Waals surface area (Å²) in [5.74, 6) is -0.219. The summed E-state index contributed by atoms with van der Waals surface area (Å²) in [4.78, 5) is 0. The molecule has 0 spiro atoms. The van der Waals surface area contributed by atoms with Crippen LogP contribution >= 0.6 is 92.8 Å². The first-order valence-electron chi connectivity index (χ1n) is 5.50. The molecule has 2 rings (SSSR count). The average Bonchev–Trinajstić information content (AvgIpc) is 2.54. The molecule has 0 aliphatic carbocycles. The lowest BCUT2D eigenvalue weighted by atomic mass is 10.2. The number of rotatable bonds is 2. The van der Waals surface area contributed by atoms with Crippen molar-refractivity contribution in [1.29, 1.82) is 0 Å². The van der Waals surface area contributed by atoms with Crippen LogP contribution < -0.4 is 16.2 Å². The van der Waals surface area contributed by atoms with Crippen molar-refractivity contribution in [3.05, 3.63) is 40.2 Å². The highest BCUT2D eigenvalue weighted by Crippen LogP contribution is 2.53. The number of anilines is 2. The molecule has 2 aromatic carbocycles. The van der Waals surface area contributed by atoms with Gasteiger partial charge in [0.15, 0.2) is 11.5 Å². The van der Waals surface area contributed by atoms with Gasteiger partial charge in [-0.25, -0.2) is 0 Å². The minimum Gasteiger partial charge on any atom is -0.451 e. The maximum Gasteiger partial charge on any atom is 0.168 e. The van der Waals surface area contributed by atoms with Gasteiger partial charge >= 0.3 is 0 Å². The van der Waals surface area contributed by atoms with Crippen molar-refractivity contribution in [3.8, 4) is 11.5 Å². The minimum absolute atomic E-state index is 0.0140. The summed E-state index contributed by atoms with van der Waals surface area (Å²) < 4.78 is 5.56. The van der Waals surface area contributed by atoms with Gasteiger partial charge in [0.05, 0.1) is 31.5 Å². The SMILES string of the molecule is Nc1c(Cl)c(Cl)c(Cl)c(Oc2c(Cl)c(N)c(Cl)c(Cl)c2Cl)c1Cl. The molecule has 0 fully saturated rings. The van der Waals surface area contributed by atoms with Gasteiger partial charge in [-0.15, -0.1) is 0 Å². The molecule has 0 aliphatic rings. The van der Waals surface area contributed by atoms with Crippen molar-refractivity contribution >= 4 is 104 Å². The second-order valence-corrected chi connectivity index (χ2v) is 7.12. The van der Waals surface area contributed by atoms with Gasteiger partial charge in [0.1, 0.15) is 20.1 Å². The van der Waals surface area contributed by atoms with Gasteiger partial charge in [0, 0.05) is 0 Å². The van der Waals surface area contributed by atoms with Gasteiger partial charge in [-0.3, -0.25) is 0 Å². The molecule has 0 amide bonds. The smallest absolute Gasteiger partial charge is 0.168 e. The lowest BCUT2D eigenvalue weighted by Crippen LogP contribution is -1.98. The predicted molar refractivity (Wildman–Crippen MR) is 102 cm³/mol. The molecule has 0 saturated heterocycles. The van der Waals surface area contributed by atoms with Crippen LogP contribution in [-0.4, -0.2) is 0 Å². The van der Waals surface area contributed by atoms with Gasteiger partial charge < -0.3 is 16.2 Å². The van der Waals surface area contributed by atoms with Gasteiger partial charge in [0.25, 0.3) is 0 Å². The quantitative estimate of drug-likeness (QED) is 0.264. The third-order valence-corrected chi connectivity index (χ3v) is 6.12. The highest BCUT2D eigenvalue weighted by Gasteiger charge is 2.25. The predicted octanol–water partition coefficient (Wildman–Crippen LogP) is 7.87. The molecule has 0 unspecified atom stereocenters. The van der Waals surface area contributed by atoms with E-state index in [-0.39, 0.29) is 63.1 Å². The molecule has 124 valence electrons. The van der Waals surface area contributed by atoms with E-state index in [0.717, 1.165) is 0 Å². The third-order valence-electron chi connectivity index (χ3n) is 2.72. The van der Waals surface area contributed by atoms with E-state index in [1.807, 2.05) is 0 Å². The number of hydrogen-bond donors (Lipinski definition) is 2. The Hall–Kier alpha value is 0.160. The number of halogens is 8. The van der Waals surface area contributed by atoms with Crippen molar-refractivity contribution in [2.45, 2.75) is 0 Å². The van der Waals surface area contributed by atoms with Crippen molar-refractivity contribution in [2.75, 3.05) is 11.5 Å². The maximum absolute atomic E-state index is 6.09. The molecule has 0 atom stereocenters. The summed E-state index contributed by atoms with van der Waals surface area (Å²) in [5, 5.41) is -0.474. The highest BCUT2D eigenvalue weighted by atomic mass is 35.5. The molecule has 0 aromatic heterocycles. The molecule has 3 nitrogen and oxygen atoms in total. The number of nitrogens with two attached hydrogens (primary N) is 2. The number of ether oxygens (including phenoxy) is 1. The lowest BCUT2D eigenvalue weighted by Gasteiger charge is -2.17. The molecule has 0 aliphatic heterocycles. The first-order valence-corrected chi connectivity index (χ1v) is 8.52. The largest absolute Gasteiger partial charge is 0.451 e. The molecule has 0 saturated carbocycles. The van der Waals surface area contributed by atoms with Crippen molar-refractivity contribution in [3.63, 3.8) is 0 Å². The Morgan fingerprint density at radius 2 is 0.739 bits per heavy atom. The summed E-state index contributed by atoms with van der Waals surface area (Å²) >= 11 is 48.1. The standard InChI is InChI=1S/C12H4Cl8N2O/c13-1-3(15)9(21)7(19)11(5(1)17)23-12-6(18)2(14)4(16)10(22)8(12)20/h21-22H2. The Morgan fingerprint density at radius 1 is 0.435 bits per heavy atom. The van der Waals surface area contributed by atoms with E-state index in [1.54, 1.807) is 0 Å². The Kier molecular flexibility index (Phi) is 6.09. The molecule has 0 radical (unpaired) electrons. The summed E-state index contributed by atoms with van der Waals surface area (Å²) in [7, 11) is 0. The van der Waals surface area contributed by atoms with Crippen LogP contribution in [0.4, 0.5) is 11.4 Å². The number of benzene rings is 2. The van der Waals surface area contributed by atoms with Crippen molar-refractivity contribution in [2.24, 2.45) is 0 Å². The van der Waals surface area contributed by atoms with Crippen LogP contribution in [0, 0.1) is 0 Å². The monoisotopic (exact) mass is 472 g/mol. The van der Waals surface area contributed by atoms with Gasteiger partial charge in [-0.1, -0.05) is 92.8 Å². The van der Waals surface area contributed by atoms with Crippen LogP contribution in [0.2, 0.25) is 40.2 Å². The Bertz CT molecular complexity index is 698. The fourth-order valence-electron chi connectivity index (χ4n) is 1.54. The molecule has 4 N–H and O–H groups in total. The maximum atomic E-state index is 6.09. The van der Waals surface area contributed by atoms with E-state index in [1.165, 1.54) is 0 Å². The molecular formula is C12H4Cl8N2O. The molecule has 0 bridgehead atoms. The zero-order valence-corrected chi connectivity index (χ0v) is 16.6. The van der Waals surface area contributed by atoms with E-state index in [9.17, 15) is 0 Å². The van der Waals surface area contributed by atoms with Gasteiger partial charge in [-0.2, -0.15) is 0 Å².